The molecule has 0 aliphatic carbocycles. The molecular formula is C18H19ClO5S. The highest BCUT2D eigenvalue weighted by Gasteiger charge is 2.23. The van der Waals surface area contributed by atoms with Crippen LogP contribution in [-0.2, 0) is 14.9 Å². The highest BCUT2D eigenvalue weighted by molar-refractivity contribution is 7.87. The highest BCUT2D eigenvalue weighted by Crippen LogP contribution is 2.32. The van der Waals surface area contributed by atoms with Crippen molar-refractivity contribution in [2.24, 2.45) is 0 Å². The zero-order chi connectivity index (χ0) is 18.8. The fraction of sp³-hybridized carbons (Fsp3) is 0.278. The first kappa shape index (κ1) is 19.3. The third kappa shape index (κ3) is 4.32. The number of aryl methyl sites for hydroxylation is 1. The Morgan fingerprint density at radius 1 is 1.12 bits per heavy atom. The lowest BCUT2D eigenvalue weighted by molar-refractivity contribution is 0.0600. The van der Waals surface area contributed by atoms with Gasteiger partial charge in [0, 0.05) is 0 Å². The van der Waals surface area contributed by atoms with Crippen LogP contribution in [0.4, 0.5) is 0 Å². The van der Waals surface area contributed by atoms with Crippen molar-refractivity contribution in [3.8, 4) is 5.75 Å². The minimum absolute atomic E-state index is 0.0861. The summed E-state index contributed by atoms with van der Waals surface area (Å²) in [7, 11) is -2.92. The predicted molar refractivity (Wildman–Crippen MR) is 95.9 cm³/mol. The van der Waals surface area contributed by atoms with E-state index in [0.717, 1.165) is 11.1 Å². The Balaban J connectivity index is 2.44. The van der Waals surface area contributed by atoms with Gasteiger partial charge in [0.2, 0.25) is 0 Å². The molecule has 0 aliphatic heterocycles. The quantitative estimate of drug-likeness (QED) is 0.568. The number of hydrogen-bond donors (Lipinski definition) is 0. The Hall–Kier alpha value is -2.05. The number of carbonyl (C=O) groups excluding carboxylic acids is 1. The molecule has 0 N–H and O–H groups in total. The van der Waals surface area contributed by atoms with Gasteiger partial charge in [0.25, 0.3) is 0 Å². The van der Waals surface area contributed by atoms with Gasteiger partial charge in [-0.15, -0.1) is 0 Å². The van der Waals surface area contributed by atoms with E-state index < -0.39 is 16.1 Å². The number of ether oxygens (including phenoxy) is 1. The van der Waals surface area contributed by atoms with Gasteiger partial charge in [-0.05, 0) is 48.2 Å². The van der Waals surface area contributed by atoms with Crippen LogP contribution in [0.15, 0.2) is 41.3 Å². The van der Waals surface area contributed by atoms with Crippen LogP contribution in [0.1, 0.15) is 41.3 Å². The number of hydrogen-bond acceptors (Lipinski definition) is 5. The molecule has 0 spiro atoms. The van der Waals surface area contributed by atoms with Gasteiger partial charge in [-0.25, -0.2) is 4.79 Å². The molecule has 0 heterocycles. The third-order valence-corrected chi connectivity index (χ3v) is 5.33. The second kappa shape index (κ2) is 7.45. The average Bonchev–Trinajstić information content (AvgIpc) is 2.53. The van der Waals surface area contributed by atoms with Gasteiger partial charge in [0.05, 0.1) is 17.7 Å². The lowest BCUT2D eigenvalue weighted by atomic mass is 10.0. The van der Waals surface area contributed by atoms with Crippen molar-refractivity contribution >= 4 is 27.7 Å². The van der Waals surface area contributed by atoms with E-state index in [9.17, 15) is 13.2 Å². The zero-order valence-corrected chi connectivity index (χ0v) is 15.9. The van der Waals surface area contributed by atoms with E-state index in [1.54, 1.807) is 6.07 Å². The zero-order valence-electron chi connectivity index (χ0n) is 14.4. The van der Waals surface area contributed by atoms with Crippen molar-refractivity contribution in [2.45, 2.75) is 31.6 Å². The molecule has 0 atom stereocenters. The van der Waals surface area contributed by atoms with Crippen LogP contribution in [0.3, 0.4) is 0 Å². The number of carbonyl (C=O) groups is 1. The first-order valence-electron chi connectivity index (χ1n) is 7.58. The van der Waals surface area contributed by atoms with Crippen molar-refractivity contribution < 1.29 is 22.1 Å². The van der Waals surface area contributed by atoms with Crippen molar-refractivity contribution in [1.82, 2.24) is 0 Å². The topological polar surface area (TPSA) is 69.7 Å². The van der Waals surface area contributed by atoms with Gasteiger partial charge in [0.15, 0.2) is 0 Å². The van der Waals surface area contributed by atoms with Crippen LogP contribution in [-0.4, -0.2) is 21.5 Å². The third-order valence-electron chi connectivity index (χ3n) is 3.61. The maximum Gasteiger partial charge on any atom is 0.340 e. The fourth-order valence-corrected chi connectivity index (χ4v) is 3.77. The van der Waals surface area contributed by atoms with Crippen molar-refractivity contribution in [2.75, 3.05) is 7.11 Å². The van der Waals surface area contributed by atoms with Gasteiger partial charge in [-0.1, -0.05) is 37.6 Å². The van der Waals surface area contributed by atoms with E-state index in [1.807, 2.05) is 32.9 Å². The number of rotatable bonds is 5. The summed E-state index contributed by atoms with van der Waals surface area (Å²) in [6.07, 6.45) is 0. The summed E-state index contributed by atoms with van der Waals surface area (Å²) in [5.41, 5.74) is 1.81. The van der Waals surface area contributed by atoms with E-state index in [1.165, 1.54) is 25.3 Å². The largest absolute Gasteiger partial charge is 0.465 e. The van der Waals surface area contributed by atoms with E-state index in [2.05, 4.69) is 4.74 Å². The molecule has 2 aromatic carbocycles. The highest BCUT2D eigenvalue weighted by atomic mass is 35.5. The van der Waals surface area contributed by atoms with E-state index in [0.29, 0.717) is 0 Å². The normalized spacial score (nSPS) is 11.4. The summed E-state index contributed by atoms with van der Waals surface area (Å²) >= 11 is 6.05. The van der Waals surface area contributed by atoms with Crippen LogP contribution < -0.4 is 4.18 Å². The number of halogens is 1. The molecule has 0 radical (unpaired) electrons. The van der Waals surface area contributed by atoms with E-state index >= 15 is 0 Å². The summed E-state index contributed by atoms with van der Waals surface area (Å²) < 4.78 is 35.2. The number of methoxy groups -OCH3 is 1. The SMILES string of the molecule is COC(=O)c1ccc(S(=O)(=O)Oc2cc(C)ccc2C(C)C)c(Cl)c1. The monoisotopic (exact) mass is 382 g/mol. The van der Waals surface area contributed by atoms with Crippen LogP contribution in [0.5, 0.6) is 5.75 Å². The smallest absolute Gasteiger partial charge is 0.340 e. The maximum absolute atomic E-state index is 12.6. The van der Waals surface area contributed by atoms with Crippen LogP contribution in [0.25, 0.3) is 0 Å². The standard InChI is InChI=1S/C18H19ClO5S/c1-11(2)14-7-5-12(3)9-16(14)24-25(21,22)17-8-6-13(10-15(17)19)18(20)23-4/h5-11H,1-4H3. The van der Waals surface area contributed by atoms with E-state index in [-0.39, 0.29) is 27.1 Å². The molecular weight excluding hydrogens is 364 g/mol. The van der Waals surface area contributed by atoms with Crippen molar-refractivity contribution in [3.63, 3.8) is 0 Å². The molecule has 25 heavy (non-hydrogen) atoms. The summed E-state index contributed by atoms with van der Waals surface area (Å²) in [6.45, 7) is 5.74. The molecule has 0 unspecified atom stereocenters. The summed E-state index contributed by atoms with van der Waals surface area (Å²) in [6, 6.07) is 9.20. The molecule has 134 valence electrons. The molecule has 5 nitrogen and oxygen atoms in total. The van der Waals surface area contributed by atoms with Crippen LogP contribution >= 0.6 is 11.6 Å². The molecule has 0 bridgehead atoms. The van der Waals surface area contributed by atoms with Gasteiger partial charge >= 0.3 is 16.1 Å². The summed E-state index contributed by atoms with van der Waals surface area (Å²) in [5, 5.41) is -0.110. The Labute approximate surface area is 152 Å². The van der Waals surface area contributed by atoms with E-state index in [4.69, 9.17) is 15.8 Å². The second-order valence-corrected chi connectivity index (χ2v) is 7.79. The lowest BCUT2D eigenvalue weighted by Gasteiger charge is -2.15. The van der Waals surface area contributed by atoms with Gasteiger partial charge in [-0.2, -0.15) is 8.42 Å². The van der Waals surface area contributed by atoms with Crippen LogP contribution in [0, 0.1) is 6.92 Å². The van der Waals surface area contributed by atoms with Gasteiger partial charge < -0.3 is 8.92 Å². The Morgan fingerprint density at radius 3 is 2.36 bits per heavy atom. The summed E-state index contributed by atoms with van der Waals surface area (Å²) in [5.74, 6) is -0.251. The van der Waals surface area contributed by atoms with Gasteiger partial charge in [-0.3, -0.25) is 0 Å². The van der Waals surface area contributed by atoms with Crippen molar-refractivity contribution in [3.05, 3.63) is 58.1 Å². The maximum atomic E-state index is 12.6. The van der Waals surface area contributed by atoms with Crippen molar-refractivity contribution in [1.29, 1.82) is 0 Å². The molecule has 0 fully saturated rings. The Morgan fingerprint density at radius 2 is 1.80 bits per heavy atom. The molecule has 2 rings (SSSR count). The summed E-state index contributed by atoms with van der Waals surface area (Å²) in [4.78, 5) is 11.3. The Kier molecular flexibility index (Phi) is 5.75. The minimum atomic E-state index is -4.15. The minimum Gasteiger partial charge on any atom is -0.465 e. The number of esters is 1. The average molecular weight is 383 g/mol. The molecule has 0 amide bonds. The molecule has 2 aromatic rings. The molecule has 0 saturated carbocycles. The predicted octanol–water partition coefficient (Wildman–Crippen LogP) is 4.33. The molecule has 0 aliphatic rings. The first-order chi connectivity index (χ1) is 11.7. The van der Waals surface area contributed by atoms with Crippen LogP contribution in [0.2, 0.25) is 5.02 Å². The Bertz CT molecular complexity index is 904. The first-order valence-corrected chi connectivity index (χ1v) is 9.37. The lowest BCUT2D eigenvalue weighted by Crippen LogP contribution is -2.13. The fourth-order valence-electron chi connectivity index (χ4n) is 2.30. The molecule has 0 aromatic heterocycles. The molecule has 7 heteroatoms. The number of benzene rings is 2. The van der Waals surface area contributed by atoms with Gasteiger partial charge in [0.1, 0.15) is 10.6 Å². The second-order valence-electron chi connectivity index (χ2n) is 5.87. The molecule has 0 saturated heterocycles.